The van der Waals surface area contributed by atoms with E-state index < -0.39 is 23.5 Å². The van der Waals surface area contributed by atoms with Gasteiger partial charge in [-0.1, -0.05) is 46.3 Å². The maximum Gasteiger partial charge on any atom is 0.295 e. The molecule has 6 nitrogen and oxygen atoms in total. The lowest BCUT2D eigenvalue weighted by Crippen LogP contribution is -2.31. The fraction of sp³-hybridized carbons (Fsp3) is 0.185. The van der Waals surface area contributed by atoms with Crippen LogP contribution in [-0.4, -0.2) is 42.5 Å². The van der Waals surface area contributed by atoms with E-state index in [0.717, 1.165) is 10.0 Å². The summed E-state index contributed by atoms with van der Waals surface area (Å²) in [4.78, 5) is 27.6. The van der Waals surface area contributed by atoms with E-state index >= 15 is 0 Å². The van der Waals surface area contributed by atoms with Crippen LogP contribution >= 0.6 is 15.9 Å². The van der Waals surface area contributed by atoms with Crippen LogP contribution in [0.2, 0.25) is 0 Å². The van der Waals surface area contributed by atoms with Crippen LogP contribution in [0.4, 0.5) is 4.39 Å². The minimum atomic E-state index is -0.862. The van der Waals surface area contributed by atoms with Crippen LogP contribution < -0.4 is 9.47 Å². The van der Waals surface area contributed by atoms with Crippen molar-refractivity contribution in [2.75, 3.05) is 20.8 Å². The van der Waals surface area contributed by atoms with Gasteiger partial charge in [0.2, 0.25) is 0 Å². The number of carbonyl (C=O) groups is 2. The Labute approximate surface area is 210 Å². The number of amides is 1. The number of halogens is 2. The smallest absolute Gasteiger partial charge is 0.295 e. The first kappa shape index (κ1) is 24.5. The third kappa shape index (κ3) is 4.93. The number of ketones is 1. The second-order valence-corrected chi connectivity index (χ2v) is 8.91. The second-order valence-electron chi connectivity index (χ2n) is 7.99. The molecular formula is C27H23BrFNO5. The number of carbonyl (C=O) groups excluding carboxylic acids is 2. The topological polar surface area (TPSA) is 76.1 Å². The zero-order valence-corrected chi connectivity index (χ0v) is 20.7. The van der Waals surface area contributed by atoms with Crippen molar-refractivity contribution in [1.29, 1.82) is 0 Å². The van der Waals surface area contributed by atoms with Gasteiger partial charge in [0.1, 0.15) is 11.6 Å². The van der Waals surface area contributed by atoms with E-state index in [4.69, 9.17) is 9.47 Å². The van der Waals surface area contributed by atoms with Gasteiger partial charge in [-0.3, -0.25) is 9.59 Å². The quantitative estimate of drug-likeness (QED) is 0.251. The zero-order chi connectivity index (χ0) is 25.1. The minimum Gasteiger partial charge on any atom is -0.507 e. The van der Waals surface area contributed by atoms with Gasteiger partial charge < -0.3 is 19.5 Å². The van der Waals surface area contributed by atoms with Crippen LogP contribution in [0.5, 0.6) is 11.5 Å². The van der Waals surface area contributed by atoms with Gasteiger partial charge in [0, 0.05) is 16.6 Å². The molecule has 3 aromatic carbocycles. The summed E-state index contributed by atoms with van der Waals surface area (Å²) in [5, 5.41) is 11.1. The number of aliphatic hydroxyl groups excluding tert-OH is 1. The standard InChI is InChI=1S/C27H23BrFNO5/c1-34-21-12-3-16(15-22(21)35-2)13-14-30-24(17-6-10-20(29)11-7-17)23(26(32)27(30)33)25(31)18-4-8-19(28)9-5-18/h3-12,15,24,31H,13-14H2,1-2H3. The van der Waals surface area contributed by atoms with E-state index in [0.29, 0.717) is 29.0 Å². The molecule has 180 valence electrons. The number of rotatable bonds is 7. The highest BCUT2D eigenvalue weighted by molar-refractivity contribution is 9.10. The van der Waals surface area contributed by atoms with E-state index in [2.05, 4.69) is 15.9 Å². The van der Waals surface area contributed by atoms with Gasteiger partial charge >= 0.3 is 0 Å². The molecule has 0 aromatic heterocycles. The third-order valence-electron chi connectivity index (χ3n) is 5.93. The summed E-state index contributed by atoms with van der Waals surface area (Å²) in [5.74, 6) is -1.09. The molecule has 0 radical (unpaired) electrons. The zero-order valence-electron chi connectivity index (χ0n) is 19.1. The molecule has 0 spiro atoms. The molecule has 0 bridgehead atoms. The van der Waals surface area contributed by atoms with Crippen LogP contribution in [0.3, 0.4) is 0 Å². The van der Waals surface area contributed by atoms with Gasteiger partial charge in [-0.05, 0) is 53.9 Å². The Kier molecular flexibility index (Phi) is 7.21. The number of Topliss-reactive ketones (excluding diaryl/α,β-unsaturated/α-hetero) is 1. The number of benzene rings is 3. The molecule has 1 atom stereocenters. The lowest BCUT2D eigenvalue weighted by molar-refractivity contribution is -0.139. The van der Waals surface area contributed by atoms with E-state index in [9.17, 15) is 19.1 Å². The third-order valence-corrected chi connectivity index (χ3v) is 6.46. The Morgan fingerprint density at radius 3 is 2.26 bits per heavy atom. The molecule has 4 rings (SSSR count). The molecule has 1 heterocycles. The number of methoxy groups -OCH3 is 2. The van der Waals surface area contributed by atoms with Crippen molar-refractivity contribution in [3.05, 3.63) is 99.3 Å². The number of ether oxygens (including phenoxy) is 2. The van der Waals surface area contributed by atoms with Crippen molar-refractivity contribution in [2.24, 2.45) is 0 Å². The lowest BCUT2D eigenvalue weighted by Gasteiger charge is -2.25. The molecule has 1 N–H and O–H groups in total. The van der Waals surface area contributed by atoms with Crippen molar-refractivity contribution >= 4 is 33.4 Å². The molecular weight excluding hydrogens is 517 g/mol. The van der Waals surface area contributed by atoms with Gasteiger partial charge in [-0.15, -0.1) is 0 Å². The number of likely N-dealkylation sites (tertiary alicyclic amines) is 1. The van der Waals surface area contributed by atoms with E-state index in [1.54, 1.807) is 37.4 Å². The SMILES string of the molecule is COc1ccc(CCN2C(=O)C(=O)C(=C(O)c3ccc(Br)cc3)C2c2ccc(F)cc2)cc1OC. The molecule has 0 saturated carbocycles. The lowest BCUT2D eigenvalue weighted by atomic mass is 9.95. The molecule has 1 fully saturated rings. The summed E-state index contributed by atoms with van der Waals surface area (Å²) in [5.41, 5.74) is 1.77. The highest BCUT2D eigenvalue weighted by Crippen LogP contribution is 2.40. The number of nitrogens with zero attached hydrogens (tertiary/aromatic N) is 1. The van der Waals surface area contributed by atoms with Crippen molar-refractivity contribution < 1.29 is 28.6 Å². The largest absolute Gasteiger partial charge is 0.507 e. The second kappa shape index (κ2) is 10.3. The van der Waals surface area contributed by atoms with Crippen molar-refractivity contribution in [1.82, 2.24) is 4.90 Å². The Morgan fingerprint density at radius 1 is 0.971 bits per heavy atom. The maximum atomic E-state index is 13.6. The average Bonchev–Trinajstić information content (AvgIpc) is 3.12. The summed E-state index contributed by atoms with van der Waals surface area (Å²) in [6, 6.07) is 16.9. The molecule has 1 saturated heterocycles. The van der Waals surface area contributed by atoms with Gasteiger partial charge in [0.15, 0.2) is 11.5 Å². The van der Waals surface area contributed by atoms with E-state index in [1.165, 1.54) is 36.3 Å². The van der Waals surface area contributed by atoms with Gasteiger partial charge in [0.25, 0.3) is 11.7 Å². The van der Waals surface area contributed by atoms with E-state index in [1.807, 2.05) is 12.1 Å². The molecule has 35 heavy (non-hydrogen) atoms. The van der Waals surface area contributed by atoms with Crippen LogP contribution in [-0.2, 0) is 16.0 Å². The normalized spacial score (nSPS) is 17.0. The molecule has 1 unspecified atom stereocenters. The predicted molar refractivity (Wildman–Crippen MR) is 133 cm³/mol. The minimum absolute atomic E-state index is 0.0313. The molecule has 3 aromatic rings. The highest BCUT2D eigenvalue weighted by Gasteiger charge is 2.45. The van der Waals surface area contributed by atoms with Crippen molar-refractivity contribution in [3.8, 4) is 11.5 Å². The molecule has 8 heteroatoms. The molecule has 1 aliphatic rings. The average molecular weight is 540 g/mol. The van der Waals surface area contributed by atoms with Crippen LogP contribution in [0.15, 0.2) is 76.8 Å². The number of hydrogen-bond acceptors (Lipinski definition) is 5. The Morgan fingerprint density at radius 2 is 1.63 bits per heavy atom. The monoisotopic (exact) mass is 539 g/mol. The predicted octanol–water partition coefficient (Wildman–Crippen LogP) is 5.27. The summed E-state index contributed by atoms with van der Waals surface area (Å²) in [6.45, 7) is 0.194. The fourth-order valence-electron chi connectivity index (χ4n) is 4.15. The van der Waals surface area contributed by atoms with Crippen molar-refractivity contribution in [3.63, 3.8) is 0 Å². The van der Waals surface area contributed by atoms with Crippen LogP contribution in [0.25, 0.3) is 5.76 Å². The first-order chi connectivity index (χ1) is 16.8. The fourth-order valence-corrected chi connectivity index (χ4v) is 4.42. The first-order valence-electron chi connectivity index (χ1n) is 10.8. The van der Waals surface area contributed by atoms with Crippen LogP contribution in [0, 0.1) is 5.82 Å². The number of aliphatic hydroxyl groups is 1. The molecule has 0 aliphatic carbocycles. The molecule has 1 aliphatic heterocycles. The first-order valence-corrected chi connectivity index (χ1v) is 11.6. The highest BCUT2D eigenvalue weighted by atomic mass is 79.9. The van der Waals surface area contributed by atoms with Gasteiger partial charge in [-0.2, -0.15) is 0 Å². The summed E-state index contributed by atoms with van der Waals surface area (Å²) in [7, 11) is 3.09. The Hall–Kier alpha value is -3.65. The van der Waals surface area contributed by atoms with Crippen LogP contribution in [0.1, 0.15) is 22.7 Å². The van der Waals surface area contributed by atoms with Gasteiger partial charge in [0.05, 0.1) is 25.8 Å². The maximum absolute atomic E-state index is 13.6. The number of hydrogen-bond donors (Lipinski definition) is 1. The summed E-state index contributed by atoms with van der Waals surface area (Å²) < 4.78 is 25.1. The Bertz CT molecular complexity index is 1290. The van der Waals surface area contributed by atoms with Crippen molar-refractivity contribution in [2.45, 2.75) is 12.5 Å². The Balaban J connectivity index is 1.73. The van der Waals surface area contributed by atoms with Gasteiger partial charge in [-0.25, -0.2) is 4.39 Å². The van der Waals surface area contributed by atoms with E-state index in [-0.39, 0.29) is 17.9 Å². The summed E-state index contributed by atoms with van der Waals surface area (Å²) in [6.07, 6.45) is 0.420. The molecule has 1 amide bonds. The summed E-state index contributed by atoms with van der Waals surface area (Å²) >= 11 is 3.35.